The van der Waals surface area contributed by atoms with E-state index in [1.807, 2.05) is 18.2 Å². The van der Waals surface area contributed by atoms with E-state index in [-0.39, 0.29) is 0 Å². The first-order valence-corrected chi connectivity index (χ1v) is 17.9. The zero-order valence-corrected chi connectivity index (χ0v) is 28.8. The predicted octanol–water partition coefficient (Wildman–Crippen LogP) is 13.5. The average molecular weight is 677 g/mol. The first-order valence-electron chi connectivity index (χ1n) is 17.9. The molecule has 0 atom stereocenters. The van der Waals surface area contributed by atoms with Crippen LogP contribution in [0.25, 0.3) is 100.0 Å². The van der Waals surface area contributed by atoms with Crippen molar-refractivity contribution in [1.29, 1.82) is 0 Å². The van der Waals surface area contributed by atoms with Crippen LogP contribution in [0, 0.1) is 0 Å². The van der Waals surface area contributed by atoms with Gasteiger partial charge in [-0.3, -0.25) is 0 Å². The van der Waals surface area contributed by atoms with Crippen molar-refractivity contribution in [3.05, 3.63) is 194 Å². The van der Waals surface area contributed by atoms with Crippen molar-refractivity contribution in [3.8, 4) is 67.3 Å². The maximum atomic E-state index is 6.18. The minimum atomic E-state index is 0.688. The van der Waals surface area contributed by atoms with Crippen LogP contribution in [0.1, 0.15) is 0 Å². The van der Waals surface area contributed by atoms with E-state index >= 15 is 0 Å². The smallest absolute Gasteiger partial charge is 0.160 e. The molecule has 0 saturated carbocycles. The van der Waals surface area contributed by atoms with Gasteiger partial charge in [0.2, 0.25) is 0 Å². The number of benzene rings is 8. The normalized spacial score (nSPS) is 11.4. The van der Waals surface area contributed by atoms with Crippen LogP contribution in [0.4, 0.5) is 0 Å². The van der Waals surface area contributed by atoms with E-state index in [0.29, 0.717) is 5.82 Å². The van der Waals surface area contributed by atoms with E-state index in [2.05, 4.69) is 176 Å². The molecule has 248 valence electrons. The van der Waals surface area contributed by atoms with Gasteiger partial charge in [-0.2, -0.15) is 0 Å². The first-order chi connectivity index (χ1) is 26.2. The molecule has 10 rings (SSSR count). The summed E-state index contributed by atoms with van der Waals surface area (Å²) in [4.78, 5) is 10.5. The fourth-order valence-corrected chi connectivity index (χ4v) is 7.31. The molecule has 0 saturated heterocycles. The average Bonchev–Trinajstić information content (AvgIpc) is 3.62. The molecule has 0 aliphatic rings. The summed E-state index contributed by atoms with van der Waals surface area (Å²) < 4.78 is 6.18. The fourth-order valence-electron chi connectivity index (χ4n) is 7.31. The summed E-state index contributed by atoms with van der Waals surface area (Å²) in [5.41, 5.74) is 13.4. The van der Waals surface area contributed by atoms with Gasteiger partial charge in [-0.05, 0) is 92.7 Å². The maximum absolute atomic E-state index is 6.18. The van der Waals surface area contributed by atoms with Crippen molar-refractivity contribution in [1.82, 2.24) is 9.97 Å². The highest BCUT2D eigenvalue weighted by molar-refractivity contribution is 6.06. The van der Waals surface area contributed by atoms with Gasteiger partial charge in [0.05, 0.1) is 11.4 Å². The summed E-state index contributed by atoms with van der Waals surface area (Å²) in [6, 6.07) is 68.2. The van der Waals surface area contributed by atoms with Crippen LogP contribution in [0.15, 0.2) is 199 Å². The van der Waals surface area contributed by atoms with Crippen molar-refractivity contribution in [2.45, 2.75) is 0 Å². The second-order valence-corrected chi connectivity index (χ2v) is 13.4. The third-order valence-electron chi connectivity index (χ3n) is 10.1. The third kappa shape index (κ3) is 5.85. The Morgan fingerprint density at radius 2 is 0.811 bits per heavy atom. The molecule has 53 heavy (non-hydrogen) atoms. The Balaban J connectivity index is 1.16. The van der Waals surface area contributed by atoms with Gasteiger partial charge in [0.25, 0.3) is 0 Å². The highest BCUT2D eigenvalue weighted by Crippen LogP contribution is 2.38. The Labute approximate surface area is 307 Å². The Kier molecular flexibility index (Phi) is 7.47. The molecule has 0 unspecified atom stereocenters. The van der Waals surface area contributed by atoms with Crippen molar-refractivity contribution in [2.24, 2.45) is 0 Å². The zero-order valence-electron chi connectivity index (χ0n) is 28.8. The van der Waals surface area contributed by atoms with E-state index < -0.39 is 0 Å². The van der Waals surface area contributed by atoms with E-state index in [4.69, 9.17) is 14.4 Å². The van der Waals surface area contributed by atoms with Crippen LogP contribution in [0.5, 0.6) is 0 Å². The van der Waals surface area contributed by atoms with Gasteiger partial charge < -0.3 is 4.42 Å². The Bertz CT molecular complexity index is 2930. The van der Waals surface area contributed by atoms with Gasteiger partial charge in [0.15, 0.2) is 5.82 Å². The molecule has 0 bridgehead atoms. The monoisotopic (exact) mass is 676 g/mol. The van der Waals surface area contributed by atoms with Crippen LogP contribution in [0.3, 0.4) is 0 Å². The van der Waals surface area contributed by atoms with Crippen molar-refractivity contribution in [2.75, 3.05) is 0 Å². The van der Waals surface area contributed by atoms with Crippen LogP contribution in [-0.2, 0) is 0 Å². The molecule has 0 fully saturated rings. The molecular weight excluding hydrogens is 645 g/mol. The molecule has 0 amide bonds. The molecule has 0 aliphatic carbocycles. The largest absolute Gasteiger partial charge is 0.456 e. The molecule has 2 aromatic heterocycles. The summed E-state index contributed by atoms with van der Waals surface area (Å²) in [5, 5.41) is 4.56. The number of para-hydroxylation sites is 1. The number of hydrogen-bond acceptors (Lipinski definition) is 3. The van der Waals surface area contributed by atoms with E-state index in [0.717, 1.165) is 77.7 Å². The zero-order chi connectivity index (χ0) is 35.1. The number of furan rings is 1. The third-order valence-corrected chi connectivity index (χ3v) is 10.1. The minimum absolute atomic E-state index is 0.688. The summed E-state index contributed by atoms with van der Waals surface area (Å²) in [6.45, 7) is 0. The molecule has 3 nitrogen and oxygen atoms in total. The lowest BCUT2D eigenvalue weighted by atomic mass is 9.93. The lowest BCUT2D eigenvalue weighted by molar-refractivity contribution is 0.669. The number of aromatic nitrogens is 2. The van der Waals surface area contributed by atoms with Crippen LogP contribution >= 0.6 is 0 Å². The molecule has 8 aromatic carbocycles. The van der Waals surface area contributed by atoms with Gasteiger partial charge in [-0.1, -0.05) is 146 Å². The fraction of sp³-hybridized carbons (Fsp3) is 0. The lowest BCUT2D eigenvalue weighted by Crippen LogP contribution is -1.97. The highest BCUT2D eigenvalue weighted by atomic mass is 16.3. The highest BCUT2D eigenvalue weighted by Gasteiger charge is 2.15. The molecule has 3 heteroatoms. The van der Waals surface area contributed by atoms with Crippen molar-refractivity contribution in [3.63, 3.8) is 0 Å². The van der Waals surface area contributed by atoms with Crippen molar-refractivity contribution < 1.29 is 4.42 Å². The summed E-state index contributed by atoms with van der Waals surface area (Å²) in [5.74, 6) is 0.688. The molecule has 0 spiro atoms. The lowest BCUT2D eigenvalue weighted by Gasteiger charge is -2.14. The van der Waals surface area contributed by atoms with Crippen LogP contribution < -0.4 is 0 Å². The SMILES string of the molecule is c1ccc(-c2ccc(-c3cc(-c4cc(-c5ccccc5)cc(-c5ccc6oc7ccccc7c6c5)c4)nc(-c4ccc5ccccc5c4)n3)cc2)cc1. The summed E-state index contributed by atoms with van der Waals surface area (Å²) >= 11 is 0. The molecule has 0 aliphatic heterocycles. The predicted molar refractivity (Wildman–Crippen MR) is 219 cm³/mol. The quantitative estimate of drug-likeness (QED) is 0.176. The second-order valence-electron chi connectivity index (χ2n) is 13.4. The summed E-state index contributed by atoms with van der Waals surface area (Å²) in [6.07, 6.45) is 0. The van der Waals surface area contributed by atoms with Gasteiger partial charge in [-0.15, -0.1) is 0 Å². The van der Waals surface area contributed by atoms with Crippen molar-refractivity contribution >= 4 is 32.7 Å². The molecule has 0 radical (unpaired) electrons. The first kappa shape index (κ1) is 30.7. The Morgan fingerprint density at radius 1 is 0.283 bits per heavy atom. The number of hydrogen-bond donors (Lipinski definition) is 0. The Hall–Kier alpha value is -7.10. The molecular formula is C50H32N2O. The number of nitrogens with zero attached hydrogens (tertiary/aromatic N) is 2. The van der Waals surface area contributed by atoms with E-state index in [1.54, 1.807) is 0 Å². The second kappa shape index (κ2) is 12.9. The molecule has 2 heterocycles. The van der Waals surface area contributed by atoms with Gasteiger partial charge in [-0.25, -0.2) is 9.97 Å². The number of rotatable bonds is 6. The standard InChI is InChI=1S/C50H32N2O/c1-3-11-33(12-4-1)36-19-22-37(23-20-36)46-32-47(52-50(51-46)40-24-21-35-15-7-8-16-38(35)27-40)43-29-41(34-13-5-2-6-14-34)28-42(30-43)39-25-26-49-45(31-39)44-17-9-10-18-48(44)53-49/h1-32H. The van der Waals surface area contributed by atoms with Gasteiger partial charge in [0, 0.05) is 27.5 Å². The van der Waals surface area contributed by atoms with Crippen LogP contribution in [-0.4, -0.2) is 9.97 Å². The van der Waals surface area contributed by atoms with Crippen LogP contribution in [0.2, 0.25) is 0 Å². The summed E-state index contributed by atoms with van der Waals surface area (Å²) in [7, 11) is 0. The molecule has 0 N–H and O–H groups in total. The van der Waals surface area contributed by atoms with Gasteiger partial charge in [0.1, 0.15) is 11.2 Å². The van der Waals surface area contributed by atoms with E-state index in [9.17, 15) is 0 Å². The molecule has 10 aromatic rings. The van der Waals surface area contributed by atoms with Gasteiger partial charge >= 0.3 is 0 Å². The topological polar surface area (TPSA) is 38.9 Å². The van der Waals surface area contributed by atoms with E-state index in [1.165, 1.54) is 16.5 Å². The number of fused-ring (bicyclic) bond motifs is 4. The maximum Gasteiger partial charge on any atom is 0.160 e. The minimum Gasteiger partial charge on any atom is -0.456 e. The Morgan fingerprint density at radius 3 is 1.58 bits per heavy atom.